The van der Waals surface area contributed by atoms with Crippen molar-refractivity contribution in [1.29, 1.82) is 0 Å². The van der Waals surface area contributed by atoms with E-state index in [9.17, 15) is 34.2 Å². The second-order valence-corrected chi connectivity index (χ2v) is 7.65. The largest absolute Gasteiger partial charge is 0.508 e. The number of carbonyl (C=O) groups excluding carboxylic acids is 3. The third-order valence-corrected chi connectivity index (χ3v) is 4.93. The molecular formula is C20H28N4O8S. The van der Waals surface area contributed by atoms with Crippen LogP contribution in [-0.2, 0) is 30.4 Å². The smallest absolute Gasteiger partial charge is 0.326 e. The quantitative estimate of drug-likeness (QED) is 0.155. The van der Waals surface area contributed by atoms with Gasteiger partial charge in [0.05, 0.1) is 6.04 Å². The molecule has 3 amide bonds. The van der Waals surface area contributed by atoms with E-state index in [4.69, 9.17) is 10.8 Å². The van der Waals surface area contributed by atoms with E-state index in [0.29, 0.717) is 5.56 Å². The molecule has 0 saturated carbocycles. The summed E-state index contributed by atoms with van der Waals surface area (Å²) >= 11 is 4.02. The Morgan fingerprint density at radius 1 is 0.939 bits per heavy atom. The van der Waals surface area contributed by atoms with Crippen LogP contribution in [0.1, 0.15) is 25.3 Å². The van der Waals surface area contributed by atoms with Crippen LogP contribution in [0.4, 0.5) is 0 Å². The van der Waals surface area contributed by atoms with E-state index in [1.54, 1.807) is 0 Å². The molecule has 0 aliphatic rings. The van der Waals surface area contributed by atoms with Crippen molar-refractivity contribution < 1.29 is 39.3 Å². The molecule has 1 aromatic rings. The van der Waals surface area contributed by atoms with Gasteiger partial charge < -0.3 is 37.0 Å². The van der Waals surface area contributed by atoms with Crippen LogP contribution in [0.25, 0.3) is 0 Å². The van der Waals surface area contributed by atoms with Crippen LogP contribution in [0.5, 0.6) is 5.75 Å². The van der Waals surface area contributed by atoms with E-state index in [-0.39, 0.29) is 30.8 Å². The van der Waals surface area contributed by atoms with E-state index in [2.05, 4.69) is 28.6 Å². The maximum absolute atomic E-state index is 12.5. The van der Waals surface area contributed by atoms with Crippen molar-refractivity contribution >= 4 is 42.3 Å². The predicted octanol–water partition coefficient (Wildman–Crippen LogP) is -1.38. The number of nitrogens with one attached hydrogen (secondary N) is 3. The number of carboxylic acids is 2. The van der Waals surface area contributed by atoms with Gasteiger partial charge in [0.1, 0.15) is 23.9 Å². The maximum Gasteiger partial charge on any atom is 0.326 e. The lowest BCUT2D eigenvalue weighted by Gasteiger charge is -2.22. The summed E-state index contributed by atoms with van der Waals surface area (Å²) in [6.45, 7) is 1.34. The van der Waals surface area contributed by atoms with Crippen molar-refractivity contribution in [2.24, 2.45) is 5.73 Å². The number of phenols is 1. The molecule has 0 spiro atoms. The first kappa shape index (κ1) is 27.7. The first-order chi connectivity index (χ1) is 15.4. The minimum Gasteiger partial charge on any atom is -0.508 e. The normalized spacial score (nSPS) is 14.3. The van der Waals surface area contributed by atoms with Crippen molar-refractivity contribution in [3.05, 3.63) is 29.8 Å². The molecule has 8 N–H and O–H groups in total. The molecule has 0 aromatic heterocycles. The summed E-state index contributed by atoms with van der Waals surface area (Å²) in [4.78, 5) is 59.0. The number of hydrogen-bond acceptors (Lipinski definition) is 8. The number of amides is 3. The molecule has 33 heavy (non-hydrogen) atoms. The molecule has 13 heteroatoms. The monoisotopic (exact) mass is 484 g/mol. The molecule has 1 aromatic carbocycles. The minimum absolute atomic E-state index is 0.0107. The molecule has 0 bridgehead atoms. The van der Waals surface area contributed by atoms with Crippen LogP contribution in [0.2, 0.25) is 0 Å². The fourth-order valence-electron chi connectivity index (χ4n) is 2.63. The van der Waals surface area contributed by atoms with E-state index >= 15 is 0 Å². The van der Waals surface area contributed by atoms with Gasteiger partial charge in [0.15, 0.2) is 0 Å². The summed E-state index contributed by atoms with van der Waals surface area (Å²) in [7, 11) is 0. The molecule has 0 heterocycles. The lowest BCUT2D eigenvalue weighted by Crippen LogP contribution is -2.57. The molecule has 4 unspecified atom stereocenters. The predicted molar refractivity (Wildman–Crippen MR) is 120 cm³/mol. The molecule has 4 atom stereocenters. The van der Waals surface area contributed by atoms with Crippen LogP contribution < -0.4 is 21.7 Å². The van der Waals surface area contributed by atoms with Crippen molar-refractivity contribution in [3.63, 3.8) is 0 Å². The highest BCUT2D eigenvalue weighted by Crippen LogP contribution is 2.11. The molecule has 0 radical (unpaired) electrons. The van der Waals surface area contributed by atoms with Gasteiger partial charge in [-0.3, -0.25) is 19.2 Å². The number of nitrogens with two attached hydrogens (primary N) is 1. The van der Waals surface area contributed by atoms with Crippen LogP contribution >= 0.6 is 12.6 Å². The van der Waals surface area contributed by atoms with E-state index in [1.165, 1.54) is 31.2 Å². The Morgan fingerprint density at radius 2 is 1.52 bits per heavy atom. The molecule has 0 aliphatic heterocycles. The van der Waals surface area contributed by atoms with Crippen LogP contribution in [0, 0.1) is 0 Å². The summed E-state index contributed by atoms with van der Waals surface area (Å²) in [5.74, 6) is -4.81. The Bertz CT molecular complexity index is 864. The van der Waals surface area contributed by atoms with Gasteiger partial charge in [-0.25, -0.2) is 4.79 Å². The third kappa shape index (κ3) is 9.78. The van der Waals surface area contributed by atoms with E-state index in [0.717, 1.165) is 0 Å². The van der Waals surface area contributed by atoms with Crippen molar-refractivity contribution in [2.75, 3.05) is 5.75 Å². The fraction of sp³-hybridized carbons (Fsp3) is 0.450. The lowest BCUT2D eigenvalue weighted by atomic mass is 10.1. The van der Waals surface area contributed by atoms with Gasteiger partial charge in [-0.15, -0.1) is 0 Å². The van der Waals surface area contributed by atoms with Gasteiger partial charge in [-0.05, 0) is 31.0 Å². The summed E-state index contributed by atoms with van der Waals surface area (Å²) < 4.78 is 0. The molecule has 12 nitrogen and oxygen atoms in total. The molecule has 182 valence electrons. The number of phenolic OH excluding ortho intramolecular Hbond substituents is 1. The Morgan fingerprint density at radius 3 is 2.03 bits per heavy atom. The average Bonchev–Trinajstić information content (AvgIpc) is 2.75. The maximum atomic E-state index is 12.5. The molecule has 0 saturated heterocycles. The van der Waals surface area contributed by atoms with Crippen LogP contribution in [0.15, 0.2) is 24.3 Å². The van der Waals surface area contributed by atoms with Crippen molar-refractivity contribution in [2.45, 2.75) is 50.4 Å². The Balaban J connectivity index is 2.68. The number of carboxylic acid groups (broad SMARTS) is 2. The van der Waals surface area contributed by atoms with E-state index in [1.807, 2.05) is 0 Å². The minimum atomic E-state index is -1.30. The van der Waals surface area contributed by atoms with Gasteiger partial charge in [0.25, 0.3) is 0 Å². The Kier molecular flexibility index (Phi) is 11.2. The highest BCUT2D eigenvalue weighted by molar-refractivity contribution is 7.80. The second-order valence-electron chi connectivity index (χ2n) is 7.28. The number of aromatic hydroxyl groups is 1. The Labute approximate surface area is 195 Å². The molecule has 0 fully saturated rings. The molecule has 0 aliphatic carbocycles. The number of carbonyl (C=O) groups is 5. The zero-order valence-corrected chi connectivity index (χ0v) is 18.7. The van der Waals surface area contributed by atoms with Crippen LogP contribution in [-0.4, -0.2) is 74.9 Å². The first-order valence-electron chi connectivity index (χ1n) is 9.94. The average molecular weight is 485 g/mol. The van der Waals surface area contributed by atoms with Crippen molar-refractivity contribution in [3.8, 4) is 5.75 Å². The second kappa shape index (κ2) is 13.3. The zero-order chi connectivity index (χ0) is 25.1. The number of rotatable bonds is 13. The Hall–Kier alpha value is -3.32. The van der Waals surface area contributed by atoms with Gasteiger partial charge in [-0.2, -0.15) is 12.6 Å². The molecular weight excluding hydrogens is 456 g/mol. The topological polar surface area (TPSA) is 208 Å². The highest BCUT2D eigenvalue weighted by atomic mass is 32.1. The lowest BCUT2D eigenvalue weighted by molar-refractivity contribution is -0.142. The summed E-state index contributed by atoms with van der Waals surface area (Å²) in [6.07, 6.45) is -0.490. The summed E-state index contributed by atoms with van der Waals surface area (Å²) in [5.41, 5.74) is 6.15. The SMILES string of the molecule is CC(NC(=O)C(N)CCC(=O)O)C(=O)NC(CS)C(=O)NC(Cc1ccc(O)cc1)C(=O)O. The van der Waals surface area contributed by atoms with Crippen molar-refractivity contribution in [1.82, 2.24) is 16.0 Å². The number of thiol groups is 1. The van der Waals surface area contributed by atoms with Gasteiger partial charge in [0, 0.05) is 18.6 Å². The first-order valence-corrected chi connectivity index (χ1v) is 10.6. The van der Waals surface area contributed by atoms with Gasteiger partial charge >= 0.3 is 11.9 Å². The standard InChI is InChI=1S/C20H28N4O8S/c1-10(22-18(29)13(21)6-7-16(26)27)17(28)24-15(9-33)19(30)23-14(20(31)32)8-11-2-4-12(25)5-3-11/h2-5,10,13-15,25,33H,6-9,21H2,1H3,(H,22,29)(H,23,30)(H,24,28)(H,26,27)(H,31,32). The fourth-order valence-corrected chi connectivity index (χ4v) is 2.88. The van der Waals surface area contributed by atoms with Crippen LogP contribution in [0.3, 0.4) is 0 Å². The number of aliphatic carboxylic acids is 2. The van der Waals surface area contributed by atoms with Gasteiger partial charge in [-0.1, -0.05) is 12.1 Å². The zero-order valence-electron chi connectivity index (χ0n) is 17.9. The summed E-state index contributed by atoms with van der Waals surface area (Å²) in [5, 5.41) is 34.4. The molecule has 1 rings (SSSR count). The summed E-state index contributed by atoms with van der Waals surface area (Å²) in [6, 6.07) is 1.08. The number of benzene rings is 1. The highest BCUT2D eigenvalue weighted by Gasteiger charge is 2.28. The third-order valence-electron chi connectivity index (χ3n) is 4.56. The number of hydrogen-bond donors (Lipinski definition) is 8. The van der Waals surface area contributed by atoms with Gasteiger partial charge in [0.2, 0.25) is 17.7 Å². The van der Waals surface area contributed by atoms with E-state index < -0.39 is 53.8 Å².